The molecule has 180 valence electrons. The summed E-state index contributed by atoms with van der Waals surface area (Å²) in [5.74, 6) is 0.134. The summed E-state index contributed by atoms with van der Waals surface area (Å²) in [5.41, 5.74) is 3.04. The van der Waals surface area contributed by atoms with Crippen molar-refractivity contribution in [3.8, 4) is 11.6 Å². The number of aryl methyl sites for hydroxylation is 1. The molecule has 0 saturated heterocycles. The first-order chi connectivity index (χ1) is 17.6. The van der Waals surface area contributed by atoms with Gasteiger partial charge in [0.25, 0.3) is 16.7 Å². The van der Waals surface area contributed by atoms with E-state index in [0.717, 1.165) is 35.0 Å². The van der Waals surface area contributed by atoms with Crippen LogP contribution in [0.3, 0.4) is 0 Å². The van der Waals surface area contributed by atoms with E-state index in [-0.39, 0.29) is 28.3 Å². The van der Waals surface area contributed by atoms with E-state index in [1.807, 2.05) is 79.7 Å². The summed E-state index contributed by atoms with van der Waals surface area (Å²) < 4.78 is 7.26. The minimum Gasteiger partial charge on any atom is -0.409 e. The van der Waals surface area contributed by atoms with Gasteiger partial charge < -0.3 is 9.73 Å². The van der Waals surface area contributed by atoms with Gasteiger partial charge in [-0.15, -0.1) is 10.2 Å². The molecule has 1 amide bonds. The minimum atomic E-state index is -0.198. The van der Waals surface area contributed by atoms with E-state index in [2.05, 4.69) is 20.6 Å². The van der Waals surface area contributed by atoms with Crippen LogP contribution < -0.4 is 10.9 Å². The number of aromatic nitrogens is 4. The number of carbonyl (C=O) groups is 1. The summed E-state index contributed by atoms with van der Waals surface area (Å²) in [4.78, 5) is 25.6. The number of hydrogen-bond acceptors (Lipinski definition) is 7. The first-order valence-electron chi connectivity index (χ1n) is 11.5. The second-order valence-electron chi connectivity index (χ2n) is 8.06. The Morgan fingerprint density at radius 1 is 0.944 bits per heavy atom. The molecule has 0 aliphatic carbocycles. The molecule has 2 heterocycles. The molecule has 3 aromatic carbocycles. The van der Waals surface area contributed by atoms with Gasteiger partial charge in [-0.1, -0.05) is 85.4 Å². The van der Waals surface area contributed by atoms with Gasteiger partial charge >= 0.3 is 0 Å². The van der Waals surface area contributed by atoms with E-state index >= 15 is 0 Å². The Hall–Kier alpha value is -4.24. The molecule has 0 atom stereocenters. The van der Waals surface area contributed by atoms with Crippen LogP contribution in [0.5, 0.6) is 0 Å². The van der Waals surface area contributed by atoms with Gasteiger partial charge in [0.05, 0.1) is 17.7 Å². The number of nitrogens with one attached hydrogen (secondary N) is 1. The highest BCUT2D eigenvalue weighted by atomic mass is 32.2. The molecule has 0 aliphatic heterocycles. The summed E-state index contributed by atoms with van der Waals surface area (Å²) in [6.07, 6.45) is 0.823. The van der Waals surface area contributed by atoms with Crippen molar-refractivity contribution in [3.63, 3.8) is 0 Å². The normalized spacial score (nSPS) is 11.0. The summed E-state index contributed by atoms with van der Waals surface area (Å²) in [6, 6.07) is 24.6. The smallest absolute Gasteiger partial charge is 0.277 e. The van der Waals surface area contributed by atoms with Crippen LogP contribution in [0.1, 0.15) is 18.1 Å². The molecule has 0 saturated carbocycles. The fourth-order valence-electron chi connectivity index (χ4n) is 3.88. The van der Waals surface area contributed by atoms with Crippen LogP contribution in [0.4, 0.5) is 5.69 Å². The molecular weight excluding hydrogens is 474 g/mol. The molecule has 9 heteroatoms. The van der Waals surface area contributed by atoms with Gasteiger partial charge in [-0.25, -0.2) is 4.68 Å². The molecule has 0 spiro atoms. The number of amides is 1. The third-order valence-electron chi connectivity index (χ3n) is 5.65. The molecule has 36 heavy (non-hydrogen) atoms. The number of rotatable bonds is 8. The summed E-state index contributed by atoms with van der Waals surface area (Å²) in [5, 5.41) is 17.1. The SMILES string of the molecule is CCc1ccccc1NC(=O)CSc1nnc(-c2nn(Cc3ccccc3)c(=O)c3ccccc23)o1. The third kappa shape index (κ3) is 5.06. The molecule has 2 aromatic heterocycles. The average molecular weight is 498 g/mol. The van der Waals surface area contributed by atoms with Crippen molar-refractivity contribution >= 4 is 34.1 Å². The lowest BCUT2D eigenvalue weighted by molar-refractivity contribution is -0.113. The fraction of sp³-hybridized carbons (Fsp3) is 0.148. The van der Waals surface area contributed by atoms with Crippen molar-refractivity contribution in [2.45, 2.75) is 25.1 Å². The number of para-hydroxylation sites is 1. The zero-order valence-corrected chi connectivity index (χ0v) is 20.4. The fourth-order valence-corrected chi connectivity index (χ4v) is 4.45. The van der Waals surface area contributed by atoms with Crippen molar-refractivity contribution < 1.29 is 9.21 Å². The van der Waals surface area contributed by atoms with E-state index in [9.17, 15) is 9.59 Å². The number of hydrogen-bond donors (Lipinski definition) is 1. The molecule has 0 fully saturated rings. The van der Waals surface area contributed by atoms with Gasteiger partial charge in [0, 0.05) is 11.1 Å². The van der Waals surface area contributed by atoms with Crippen molar-refractivity contribution in [2.24, 2.45) is 0 Å². The molecular formula is C27H23N5O3S. The van der Waals surface area contributed by atoms with Crippen LogP contribution in [-0.4, -0.2) is 31.6 Å². The van der Waals surface area contributed by atoms with Gasteiger partial charge in [0.15, 0.2) is 5.69 Å². The Morgan fingerprint density at radius 2 is 1.67 bits per heavy atom. The summed E-state index contributed by atoms with van der Waals surface area (Å²) in [6.45, 7) is 2.35. The Kier molecular flexibility index (Phi) is 6.90. The van der Waals surface area contributed by atoms with E-state index < -0.39 is 0 Å². The van der Waals surface area contributed by atoms with Crippen molar-refractivity contribution in [2.75, 3.05) is 11.1 Å². The monoisotopic (exact) mass is 497 g/mol. The number of anilines is 1. The highest BCUT2D eigenvalue weighted by Crippen LogP contribution is 2.27. The van der Waals surface area contributed by atoms with E-state index in [1.54, 1.807) is 6.07 Å². The van der Waals surface area contributed by atoms with E-state index in [4.69, 9.17) is 4.42 Å². The quantitative estimate of drug-likeness (QED) is 0.308. The van der Waals surface area contributed by atoms with Crippen LogP contribution in [0.15, 0.2) is 93.3 Å². The number of fused-ring (bicyclic) bond motifs is 1. The molecule has 1 N–H and O–H groups in total. The van der Waals surface area contributed by atoms with Gasteiger partial charge in [0.2, 0.25) is 5.91 Å². The largest absolute Gasteiger partial charge is 0.409 e. The maximum atomic E-state index is 13.1. The lowest BCUT2D eigenvalue weighted by atomic mass is 10.1. The first kappa shape index (κ1) is 23.5. The second kappa shape index (κ2) is 10.6. The highest BCUT2D eigenvalue weighted by molar-refractivity contribution is 7.99. The second-order valence-corrected chi connectivity index (χ2v) is 8.99. The van der Waals surface area contributed by atoms with Crippen LogP contribution >= 0.6 is 11.8 Å². The first-order valence-corrected chi connectivity index (χ1v) is 12.5. The molecule has 0 aliphatic rings. The zero-order valence-electron chi connectivity index (χ0n) is 19.5. The van der Waals surface area contributed by atoms with Crippen LogP contribution in [0.25, 0.3) is 22.4 Å². The van der Waals surface area contributed by atoms with Gasteiger partial charge in [-0.05, 0) is 29.7 Å². The Balaban J connectivity index is 1.38. The van der Waals surface area contributed by atoms with Gasteiger partial charge in [-0.3, -0.25) is 9.59 Å². The number of thioether (sulfide) groups is 1. The Labute approximate surface area is 211 Å². The van der Waals surface area contributed by atoms with Crippen molar-refractivity contribution in [1.29, 1.82) is 0 Å². The number of benzene rings is 3. The van der Waals surface area contributed by atoms with Crippen LogP contribution in [0, 0.1) is 0 Å². The van der Waals surface area contributed by atoms with Crippen LogP contribution in [0.2, 0.25) is 0 Å². The minimum absolute atomic E-state index is 0.112. The lowest BCUT2D eigenvalue weighted by Gasteiger charge is -2.09. The average Bonchev–Trinajstić information content (AvgIpc) is 3.39. The molecule has 8 nitrogen and oxygen atoms in total. The predicted octanol–water partition coefficient (Wildman–Crippen LogP) is 4.79. The maximum absolute atomic E-state index is 13.1. The van der Waals surface area contributed by atoms with Crippen LogP contribution in [-0.2, 0) is 17.8 Å². The molecule has 0 unspecified atom stereocenters. The Morgan fingerprint density at radius 3 is 2.47 bits per heavy atom. The third-order valence-corrected chi connectivity index (χ3v) is 6.47. The zero-order chi connectivity index (χ0) is 24.9. The summed E-state index contributed by atoms with van der Waals surface area (Å²) in [7, 11) is 0. The van der Waals surface area contributed by atoms with Gasteiger partial charge in [0.1, 0.15) is 0 Å². The van der Waals surface area contributed by atoms with Crippen molar-refractivity contribution in [1.82, 2.24) is 20.0 Å². The standard InChI is InChI=1S/C27H23N5O3S/c1-2-19-12-6-9-15-22(19)28-23(33)17-36-27-30-29-25(35-27)24-20-13-7-8-14-21(20)26(34)32(31-24)16-18-10-4-3-5-11-18/h3-15H,2,16-17H2,1H3,(H,28,33). The number of carbonyl (C=O) groups excluding carboxylic acids is 1. The topological polar surface area (TPSA) is 103 Å². The highest BCUT2D eigenvalue weighted by Gasteiger charge is 2.18. The molecule has 0 bridgehead atoms. The van der Waals surface area contributed by atoms with Crippen molar-refractivity contribution in [3.05, 3.63) is 100 Å². The predicted molar refractivity (Wildman–Crippen MR) is 140 cm³/mol. The summed E-state index contributed by atoms with van der Waals surface area (Å²) >= 11 is 1.14. The lowest BCUT2D eigenvalue weighted by Crippen LogP contribution is -2.24. The van der Waals surface area contributed by atoms with E-state index in [1.165, 1.54) is 4.68 Å². The molecule has 5 rings (SSSR count). The Bertz CT molecular complexity index is 1580. The van der Waals surface area contributed by atoms with E-state index in [0.29, 0.717) is 23.0 Å². The number of nitrogens with zero attached hydrogens (tertiary/aromatic N) is 4. The molecule has 5 aromatic rings. The van der Waals surface area contributed by atoms with Gasteiger partial charge in [-0.2, -0.15) is 5.10 Å². The molecule has 0 radical (unpaired) electrons. The maximum Gasteiger partial charge on any atom is 0.277 e.